The lowest BCUT2D eigenvalue weighted by molar-refractivity contribution is -0.141. The van der Waals surface area contributed by atoms with Crippen molar-refractivity contribution >= 4 is 5.78 Å². The lowest BCUT2D eigenvalue weighted by Crippen LogP contribution is -2.57. The molecule has 4 aliphatic rings. The van der Waals surface area contributed by atoms with Gasteiger partial charge in [-0.3, -0.25) is 4.79 Å². The van der Waals surface area contributed by atoms with E-state index in [9.17, 15) is 14.4 Å². The van der Waals surface area contributed by atoms with Crippen LogP contribution < -0.4 is 11.4 Å². The minimum absolute atomic E-state index is 0.140. The van der Waals surface area contributed by atoms with Gasteiger partial charge in [0.1, 0.15) is 5.78 Å². The molecule has 1 fully saturated rings. The molecule has 0 N–H and O–H groups in total. The van der Waals surface area contributed by atoms with Crippen LogP contribution in [0.3, 0.4) is 0 Å². The van der Waals surface area contributed by atoms with Crippen molar-refractivity contribution in [3.8, 4) is 5.69 Å². The van der Waals surface area contributed by atoms with Gasteiger partial charge >= 0.3 is 11.4 Å². The van der Waals surface area contributed by atoms with Crippen LogP contribution in [0.4, 0.5) is 0 Å². The van der Waals surface area contributed by atoms with Crippen molar-refractivity contribution in [2.24, 2.45) is 11.8 Å². The maximum atomic E-state index is 12.8. The summed E-state index contributed by atoms with van der Waals surface area (Å²) in [4.78, 5) is 37.4. The van der Waals surface area contributed by atoms with E-state index in [4.69, 9.17) is 0 Å². The first-order valence-corrected chi connectivity index (χ1v) is 7.41. The van der Waals surface area contributed by atoms with Crippen molar-refractivity contribution in [1.82, 2.24) is 13.9 Å². The summed E-state index contributed by atoms with van der Waals surface area (Å²) < 4.78 is 4.20. The lowest BCUT2D eigenvalue weighted by atomic mass is 9.61. The fourth-order valence-electron chi connectivity index (χ4n) is 4.15. The number of hydrogen-bond donors (Lipinski definition) is 0. The van der Waals surface area contributed by atoms with E-state index in [1.165, 1.54) is 13.9 Å². The summed E-state index contributed by atoms with van der Waals surface area (Å²) in [7, 11) is 0. The SMILES string of the molecule is O=C1CC2C1C1C=CC2n2c(=O)n(-c3ccccc3)c(=O)n21. The van der Waals surface area contributed by atoms with Crippen LogP contribution in [0.25, 0.3) is 5.69 Å². The molecular formula is C16H13N3O3. The number of carbonyl (C=O) groups is 1. The first-order chi connectivity index (χ1) is 10.7. The van der Waals surface area contributed by atoms with Crippen LogP contribution in [0.2, 0.25) is 0 Å². The molecule has 1 aromatic heterocycles. The molecule has 6 rings (SSSR count). The van der Waals surface area contributed by atoms with Crippen LogP contribution in [0, 0.1) is 11.8 Å². The quantitative estimate of drug-likeness (QED) is 0.726. The Morgan fingerprint density at radius 2 is 1.50 bits per heavy atom. The third kappa shape index (κ3) is 1.20. The number of allylic oxidation sites excluding steroid dienone is 2. The number of para-hydroxylation sites is 1. The van der Waals surface area contributed by atoms with Gasteiger partial charge in [-0.1, -0.05) is 30.4 Å². The molecule has 6 heteroatoms. The Hall–Kier alpha value is -2.63. The lowest BCUT2D eigenvalue weighted by Gasteiger charge is -2.50. The zero-order valence-electron chi connectivity index (χ0n) is 11.6. The number of nitrogens with zero attached hydrogens (tertiary/aromatic N) is 3. The largest absolute Gasteiger partial charge is 0.352 e. The Balaban J connectivity index is 1.81. The Labute approximate surface area is 124 Å². The molecule has 2 bridgehead atoms. The monoisotopic (exact) mass is 295 g/mol. The molecule has 0 spiro atoms. The van der Waals surface area contributed by atoms with E-state index >= 15 is 0 Å². The van der Waals surface area contributed by atoms with Crippen molar-refractivity contribution in [3.63, 3.8) is 0 Å². The van der Waals surface area contributed by atoms with E-state index < -0.39 is 0 Å². The first kappa shape index (κ1) is 12.0. The van der Waals surface area contributed by atoms with E-state index in [1.807, 2.05) is 18.2 Å². The smallest absolute Gasteiger partial charge is 0.299 e. The first-order valence-electron chi connectivity index (χ1n) is 7.41. The van der Waals surface area contributed by atoms with Gasteiger partial charge in [0.05, 0.1) is 17.8 Å². The summed E-state index contributed by atoms with van der Waals surface area (Å²) in [6.45, 7) is 0. The van der Waals surface area contributed by atoms with E-state index in [2.05, 4.69) is 0 Å². The van der Waals surface area contributed by atoms with Crippen LogP contribution >= 0.6 is 0 Å². The second-order valence-electron chi connectivity index (χ2n) is 6.15. The van der Waals surface area contributed by atoms with Gasteiger partial charge in [0.2, 0.25) is 0 Å². The highest BCUT2D eigenvalue weighted by Gasteiger charge is 2.56. The molecule has 4 unspecified atom stereocenters. The highest BCUT2D eigenvalue weighted by molar-refractivity contribution is 5.89. The Morgan fingerprint density at radius 3 is 2.18 bits per heavy atom. The second kappa shape index (κ2) is 3.76. The summed E-state index contributed by atoms with van der Waals surface area (Å²) >= 11 is 0. The molecule has 110 valence electrons. The minimum Gasteiger partial charge on any atom is -0.299 e. The molecule has 3 heterocycles. The third-order valence-electron chi connectivity index (χ3n) is 5.17. The molecule has 22 heavy (non-hydrogen) atoms. The number of benzene rings is 1. The van der Waals surface area contributed by atoms with Crippen molar-refractivity contribution in [2.75, 3.05) is 0 Å². The van der Waals surface area contributed by atoms with E-state index in [0.29, 0.717) is 12.1 Å². The van der Waals surface area contributed by atoms with Gasteiger partial charge in [-0.15, -0.1) is 0 Å². The minimum atomic E-state index is -0.367. The summed E-state index contributed by atoms with van der Waals surface area (Å²) in [6, 6.07) is 8.41. The third-order valence-corrected chi connectivity index (χ3v) is 5.17. The Kier molecular flexibility index (Phi) is 2.05. The van der Waals surface area contributed by atoms with Crippen molar-refractivity contribution in [2.45, 2.75) is 18.5 Å². The standard InChI is InChI=1S/C16H13N3O3/c20-13-8-10-11-6-7-12(14(10)13)19-16(22)17(15(21)18(11)19)9-4-2-1-3-5-9/h1-7,10-12,14H,8H2. The maximum absolute atomic E-state index is 12.8. The van der Waals surface area contributed by atoms with Gasteiger partial charge < -0.3 is 0 Å². The number of hydrogen-bond acceptors (Lipinski definition) is 3. The number of carbonyl (C=O) groups excluding carboxylic acids is 1. The van der Waals surface area contributed by atoms with Crippen LogP contribution in [0.5, 0.6) is 0 Å². The van der Waals surface area contributed by atoms with Crippen LogP contribution in [-0.2, 0) is 4.79 Å². The van der Waals surface area contributed by atoms with E-state index in [0.717, 1.165) is 0 Å². The summed E-state index contributed by atoms with van der Waals surface area (Å²) in [5, 5.41) is 0. The zero-order chi connectivity index (χ0) is 15.0. The molecule has 1 saturated carbocycles. The predicted octanol–water partition coefficient (Wildman–Crippen LogP) is 0.671. The molecule has 4 atom stereocenters. The van der Waals surface area contributed by atoms with Gasteiger partial charge in [-0.2, -0.15) is 0 Å². The summed E-state index contributed by atoms with van der Waals surface area (Å²) in [5.74, 6) is 0.215. The summed E-state index contributed by atoms with van der Waals surface area (Å²) in [6.07, 6.45) is 4.38. The molecular weight excluding hydrogens is 282 g/mol. The Morgan fingerprint density at radius 1 is 0.864 bits per heavy atom. The highest BCUT2D eigenvalue weighted by atomic mass is 16.2. The second-order valence-corrected chi connectivity index (χ2v) is 6.15. The number of aromatic nitrogens is 3. The maximum Gasteiger partial charge on any atom is 0.352 e. The van der Waals surface area contributed by atoms with E-state index in [1.54, 1.807) is 24.3 Å². The number of ketones is 1. The molecule has 2 aromatic rings. The van der Waals surface area contributed by atoms with Crippen LogP contribution in [-0.4, -0.2) is 19.7 Å². The van der Waals surface area contributed by atoms with Gasteiger partial charge in [0, 0.05) is 18.3 Å². The number of Topliss-reactive ketones (excluding diaryl/α,β-unsaturated/α-hetero) is 1. The zero-order valence-corrected chi connectivity index (χ0v) is 11.6. The highest BCUT2D eigenvalue weighted by Crippen LogP contribution is 2.51. The molecule has 6 nitrogen and oxygen atoms in total. The normalized spacial score (nSPS) is 30.8. The molecule has 2 aliphatic heterocycles. The molecule has 0 amide bonds. The van der Waals surface area contributed by atoms with E-state index in [-0.39, 0.29) is 41.1 Å². The van der Waals surface area contributed by atoms with Gasteiger partial charge in [0.15, 0.2) is 0 Å². The van der Waals surface area contributed by atoms with Crippen LogP contribution in [0.1, 0.15) is 18.5 Å². The molecule has 0 saturated heterocycles. The fourth-order valence-corrected chi connectivity index (χ4v) is 4.15. The fraction of sp³-hybridized carbons (Fsp3) is 0.312. The van der Waals surface area contributed by atoms with Crippen molar-refractivity contribution in [3.05, 3.63) is 63.5 Å². The summed E-state index contributed by atoms with van der Waals surface area (Å²) in [5.41, 5.74) is -0.132. The molecule has 2 aliphatic carbocycles. The molecule has 0 radical (unpaired) electrons. The number of rotatable bonds is 1. The predicted molar refractivity (Wildman–Crippen MR) is 78.1 cm³/mol. The topological polar surface area (TPSA) is 66.0 Å². The van der Waals surface area contributed by atoms with Gasteiger partial charge in [-0.25, -0.2) is 23.5 Å². The van der Waals surface area contributed by atoms with Crippen LogP contribution in [0.15, 0.2) is 52.1 Å². The van der Waals surface area contributed by atoms with Crippen molar-refractivity contribution in [1.29, 1.82) is 0 Å². The average molecular weight is 295 g/mol. The van der Waals surface area contributed by atoms with Gasteiger partial charge in [0.25, 0.3) is 0 Å². The molecule has 1 aromatic carbocycles. The van der Waals surface area contributed by atoms with Crippen molar-refractivity contribution < 1.29 is 4.79 Å². The average Bonchev–Trinajstić information content (AvgIpc) is 2.80. The Bertz CT molecular complexity index is 947. The van der Waals surface area contributed by atoms with Gasteiger partial charge in [-0.05, 0) is 12.1 Å².